The van der Waals surface area contributed by atoms with Gasteiger partial charge in [0.2, 0.25) is 0 Å². The first-order chi connectivity index (χ1) is 9.19. The molecule has 0 aliphatic rings. The number of aryl methyl sites for hydroxylation is 1. The van der Waals surface area contributed by atoms with Crippen LogP contribution in [0.5, 0.6) is 5.75 Å². The van der Waals surface area contributed by atoms with Gasteiger partial charge < -0.3 is 10.1 Å². The van der Waals surface area contributed by atoms with Gasteiger partial charge in [0.05, 0.1) is 13.2 Å². The van der Waals surface area contributed by atoms with E-state index in [2.05, 4.69) is 59.1 Å². The Morgan fingerprint density at radius 3 is 2.42 bits per heavy atom. The fourth-order valence-electron chi connectivity index (χ4n) is 2.28. The van der Waals surface area contributed by atoms with Crippen LogP contribution in [0.2, 0.25) is 0 Å². The molecule has 0 saturated heterocycles. The maximum atomic E-state index is 5.48. The second-order valence-corrected chi connectivity index (χ2v) is 5.52. The summed E-state index contributed by atoms with van der Waals surface area (Å²) in [5, 5.41) is 3.39. The number of rotatable bonds is 4. The van der Waals surface area contributed by atoms with Crippen molar-refractivity contribution in [3.8, 4) is 5.75 Å². The molecule has 1 atom stereocenters. The summed E-state index contributed by atoms with van der Waals surface area (Å²) in [4.78, 5) is 0. The monoisotopic (exact) mass is 367 g/mol. The number of benzene rings is 2. The van der Waals surface area contributed by atoms with Crippen LogP contribution in [0.3, 0.4) is 0 Å². The molecule has 0 fully saturated rings. The standard InChI is InChI=1S/C16H18INO/c1-11-7-6-9-13(15(11)17)16(18-2)12-8-4-5-10-14(12)19-3/h4-10,16,18H,1-3H3. The third-order valence-electron chi connectivity index (χ3n) is 3.27. The van der Waals surface area contributed by atoms with Gasteiger partial charge in [-0.1, -0.05) is 36.4 Å². The van der Waals surface area contributed by atoms with Crippen LogP contribution in [0.15, 0.2) is 42.5 Å². The molecule has 2 aromatic carbocycles. The zero-order valence-corrected chi connectivity index (χ0v) is 13.6. The van der Waals surface area contributed by atoms with Crippen molar-refractivity contribution in [1.29, 1.82) is 0 Å². The van der Waals surface area contributed by atoms with Crippen LogP contribution >= 0.6 is 22.6 Å². The van der Waals surface area contributed by atoms with Crippen LogP contribution in [-0.2, 0) is 0 Å². The summed E-state index contributed by atoms with van der Waals surface area (Å²) in [5.74, 6) is 0.916. The highest BCUT2D eigenvalue weighted by Gasteiger charge is 2.18. The summed E-state index contributed by atoms with van der Waals surface area (Å²) in [6.07, 6.45) is 0. The number of methoxy groups -OCH3 is 1. The third-order valence-corrected chi connectivity index (χ3v) is 4.74. The second-order valence-electron chi connectivity index (χ2n) is 4.44. The minimum absolute atomic E-state index is 0.142. The van der Waals surface area contributed by atoms with Gasteiger partial charge in [-0.3, -0.25) is 0 Å². The largest absolute Gasteiger partial charge is 0.496 e. The van der Waals surface area contributed by atoms with Crippen LogP contribution in [0.25, 0.3) is 0 Å². The molecule has 0 bridgehead atoms. The van der Waals surface area contributed by atoms with E-state index in [0.717, 1.165) is 11.3 Å². The van der Waals surface area contributed by atoms with Gasteiger partial charge in [-0.2, -0.15) is 0 Å². The van der Waals surface area contributed by atoms with Gasteiger partial charge in [0.1, 0.15) is 5.75 Å². The normalized spacial score (nSPS) is 12.2. The van der Waals surface area contributed by atoms with Crippen molar-refractivity contribution in [2.75, 3.05) is 14.2 Å². The molecule has 3 heteroatoms. The van der Waals surface area contributed by atoms with E-state index in [-0.39, 0.29) is 6.04 Å². The van der Waals surface area contributed by atoms with E-state index >= 15 is 0 Å². The fraction of sp³-hybridized carbons (Fsp3) is 0.250. The van der Waals surface area contributed by atoms with E-state index in [9.17, 15) is 0 Å². The van der Waals surface area contributed by atoms with Crippen LogP contribution < -0.4 is 10.1 Å². The highest BCUT2D eigenvalue weighted by molar-refractivity contribution is 14.1. The number of nitrogens with one attached hydrogen (secondary N) is 1. The molecule has 2 rings (SSSR count). The van der Waals surface area contributed by atoms with Crippen LogP contribution in [0, 0.1) is 10.5 Å². The van der Waals surface area contributed by atoms with Crippen molar-refractivity contribution in [2.24, 2.45) is 0 Å². The van der Waals surface area contributed by atoms with E-state index in [1.165, 1.54) is 14.7 Å². The molecular formula is C16H18INO. The number of para-hydroxylation sites is 1. The Balaban J connectivity index is 2.53. The first-order valence-corrected chi connectivity index (χ1v) is 7.32. The highest BCUT2D eigenvalue weighted by atomic mass is 127. The summed E-state index contributed by atoms with van der Waals surface area (Å²) < 4.78 is 6.77. The number of hydrogen-bond donors (Lipinski definition) is 1. The van der Waals surface area contributed by atoms with Crippen molar-refractivity contribution < 1.29 is 4.74 Å². The SMILES string of the molecule is CNC(c1ccccc1OC)c1cccc(C)c1I. The molecule has 19 heavy (non-hydrogen) atoms. The molecule has 2 aromatic rings. The van der Waals surface area contributed by atoms with Gasteiger partial charge in [0.25, 0.3) is 0 Å². The predicted molar refractivity (Wildman–Crippen MR) is 87.8 cm³/mol. The maximum Gasteiger partial charge on any atom is 0.123 e. The summed E-state index contributed by atoms with van der Waals surface area (Å²) in [5.41, 5.74) is 3.75. The second kappa shape index (κ2) is 6.39. The minimum atomic E-state index is 0.142. The van der Waals surface area contributed by atoms with Gasteiger partial charge in [0, 0.05) is 9.13 Å². The Bertz CT molecular complexity index is 568. The third kappa shape index (κ3) is 2.92. The maximum absolute atomic E-state index is 5.48. The molecule has 0 saturated carbocycles. The van der Waals surface area contributed by atoms with Gasteiger partial charge in [0.15, 0.2) is 0 Å². The van der Waals surface area contributed by atoms with Gasteiger partial charge >= 0.3 is 0 Å². The molecule has 1 unspecified atom stereocenters. The van der Waals surface area contributed by atoms with Crippen molar-refractivity contribution in [3.05, 3.63) is 62.7 Å². The molecular weight excluding hydrogens is 349 g/mol. The first kappa shape index (κ1) is 14.3. The molecule has 0 amide bonds. The lowest BCUT2D eigenvalue weighted by molar-refractivity contribution is 0.405. The van der Waals surface area contributed by atoms with Crippen LogP contribution in [0.1, 0.15) is 22.7 Å². The predicted octanol–water partition coefficient (Wildman–Crippen LogP) is 3.92. The molecule has 0 spiro atoms. The Labute approximate surface area is 128 Å². The molecule has 0 aliphatic heterocycles. The van der Waals surface area contributed by atoms with Gasteiger partial charge in [-0.05, 0) is 53.8 Å². The van der Waals surface area contributed by atoms with Crippen LogP contribution in [-0.4, -0.2) is 14.2 Å². The zero-order chi connectivity index (χ0) is 13.8. The summed E-state index contributed by atoms with van der Waals surface area (Å²) in [6.45, 7) is 2.14. The number of ether oxygens (including phenoxy) is 1. The zero-order valence-electron chi connectivity index (χ0n) is 11.4. The summed E-state index contributed by atoms with van der Waals surface area (Å²) >= 11 is 2.41. The van der Waals surface area contributed by atoms with Gasteiger partial charge in [-0.25, -0.2) is 0 Å². The van der Waals surface area contributed by atoms with E-state index in [0.29, 0.717) is 0 Å². The molecule has 0 radical (unpaired) electrons. The molecule has 0 aromatic heterocycles. The summed E-state index contributed by atoms with van der Waals surface area (Å²) in [7, 11) is 3.70. The first-order valence-electron chi connectivity index (χ1n) is 6.24. The topological polar surface area (TPSA) is 21.3 Å². The quantitative estimate of drug-likeness (QED) is 0.828. The number of halogens is 1. The Kier molecular flexibility index (Phi) is 4.82. The van der Waals surface area contributed by atoms with Gasteiger partial charge in [-0.15, -0.1) is 0 Å². The molecule has 100 valence electrons. The molecule has 0 heterocycles. The average Bonchev–Trinajstić information content (AvgIpc) is 2.45. The molecule has 0 aliphatic carbocycles. The van der Waals surface area contributed by atoms with Crippen molar-refractivity contribution >= 4 is 22.6 Å². The van der Waals surface area contributed by atoms with Crippen molar-refractivity contribution in [2.45, 2.75) is 13.0 Å². The minimum Gasteiger partial charge on any atom is -0.496 e. The Morgan fingerprint density at radius 2 is 1.74 bits per heavy atom. The van der Waals surface area contributed by atoms with E-state index in [1.807, 2.05) is 25.2 Å². The number of hydrogen-bond acceptors (Lipinski definition) is 2. The lowest BCUT2D eigenvalue weighted by Gasteiger charge is -2.21. The van der Waals surface area contributed by atoms with Crippen molar-refractivity contribution in [3.63, 3.8) is 0 Å². The van der Waals surface area contributed by atoms with Crippen molar-refractivity contribution in [1.82, 2.24) is 5.32 Å². The smallest absolute Gasteiger partial charge is 0.123 e. The lowest BCUT2D eigenvalue weighted by Crippen LogP contribution is -2.19. The Morgan fingerprint density at radius 1 is 1.05 bits per heavy atom. The molecule has 1 N–H and O–H groups in total. The van der Waals surface area contributed by atoms with Crippen LogP contribution in [0.4, 0.5) is 0 Å². The van der Waals surface area contributed by atoms with E-state index < -0.39 is 0 Å². The fourth-order valence-corrected chi connectivity index (χ4v) is 2.95. The van der Waals surface area contributed by atoms with E-state index in [1.54, 1.807) is 7.11 Å². The van der Waals surface area contributed by atoms with E-state index in [4.69, 9.17) is 4.74 Å². The lowest BCUT2D eigenvalue weighted by atomic mass is 9.97. The average molecular weight is 367 g/mol. The highest BCUT2D eigenvalue weighted by Crippen LogP contribution is 2.32. The molecule has 2 nitrogen and oxygen atoms in total. The Hall–Kier alpha value is -1.07. The summed E-state index contributed by atoms with van der Waals surface area (Å²) in [6, 6.07) is 14.7.